The van der Waals surface area contributed by atoms with Gasteiger partial charge >= 0.3 is 5.97 Å². The fraction of sp³-hybridized carbons (Fsp3) is 0.438. The minimum absolute atomic E-state index is 0.332. The fourth-order valence-corrected chi connectivity index (χ4v) is 3.41. The number of fused-ring (bicyclic) bond motifs is 1. The van der Waals surface area contributed by atoms with Crippen LogP contribution in [0.5, 0.6) is 0 Å². The second kappa shape index (κ2) is 6.86. The normalized spacial score (nSPS) is 14.2. The van der Waals surface area contributed by atoms with E-state index in [1.165, 1.54) is 7.11 Å². The van der Waals surface area contributed by atoms with Gasteiger partial charge in [-0.1, -0.05) is 38.0 Å². The molecule has 2 rings (SSSR count). The molecular formula is C16H20O3S. The predicted molar refractivity (Wildman–Crippen MR) is 81.8 cm³/mol. The van der Waals surface area contributed by atoms with Gasteiger partial charge in [0.1, 0.15) is 0 Å². The zero-order chi connectivity index (χ0) is 14.5. The lowest BCUT2D eigenvalue weighted by atomic mass is 9.91. The summed E-state index contributed by atoms with van der Waals surface area (Å²) in [6, 6.07) is 7.93. The van der Waals surface area contributed by atoms with Gasteiger partial charge in [-0.15, -0.1) is 11.3 Å². The summed E-state index contributed by atoms with van der Waals surface area (Å²) in [5.41, 5.74) is 0.831. The second-order valence-electron chi connectivity index (χ2n) is 4.90. The molecule has 2 atom stereocenters. The average Bonchev–Trinajstić information content (AvgIpc) is 2.91. The Bertz CT molecular complexity index is 576. The highest BCUT2D eigenvalue weighted by Crippen LogP contribution is 2.35. The SMILES string of the molecule is CCCCC(C(=O)OC)C(O)c1csc2ccccc12. The molecule has 3 nitrogen and oxygen atoms in total. The van der Waals surface area contributed by atoms with Crippen LogP contribution in [0.2, 0.25) is 0 Å². The molecule has 0 saturated carbocycles. The Morgan fingerprint density at radius 3 is 2.85 bits per heavy atom. The summed E-state index contributed by atoms with van der Waals surface area (Å²) in [5, 5.41) is 13.6. The molecule has 4 heteroatoms. The van der Waals surface area contributed by atoms with Crippen LogP contribution in [-0.4, -0.2) is 18.2 Å². The molecule has 2 unspecified atom stereocenters. The van der Waals surface area contributed by atoms with Crippen LogP contribution in [0, 0.1) is 5.92 Å². The zero-order valence-electron chi connectivity index (χ0n) is 11.8. The summed E-state index contributed by atoms with van der Waals surface area (Å²) >= 11 is 1.59. The van der Waals surface area contributed by atoms with Gasteiger partial charge in [0.15, 0.2) is 0 Å². The number of esters is 1. The molecule has 1 aromatic carbocycles. The molecule has 0 aliphatic heterocycles. The summed E-state index contributed by atoms with van der Waals surface area (Å²) < 4.78 is 5.97. The summed E-state index contributed by atoms with van der Waals surface area (Å²) in [6.45, 7) is 2.07. The van der Waals surface area contributed by atoms with Gasteiger partial charge in [0.05, 0.1) is 19.1 Å². The number of unbranched alkanes of at least 4 members (excludes halogenated alkanes) is 1. The van der Waals surface area contributed by atoms with Gasteiger partial charge in [-0.3, -0.25) is 4.79 Å². The predicted octanol–water partition coefficient (Wildman–Crippen LogP) is 3.91. The molecule has 0 saturated heterocycles. The largest absolute Gasteiger partial charge is 0.469 e. The lowest BCUT2D eigenvalue weighted by molar-refractivity contribution is -0.150. The highest BCUT2D eigenvalue weighted by Gasteiger charge is 2.29. The Morgan fingerprint density at radius 2 is 2.15 bits per heavy atom. The first kappa shape index (κ1) is 15.0. The van der Waals surface area contributed by atoms with E-state index in [-0.39, 0.29) is 5.97 Å². The van der Waals surface area contributed by atoms with Gasteiger partial charge in [0.25, 0.3) is 0 Å². The van der Waals surface area contributed by atoms with Crippen molar-refractivity contribution in [2.75, 3.05) is 7.11 Å². The van der Waals surface area contributed by atoms with Gasteiger partial charge in [-0.2, -0.15) is 0 Å². The molecule has 0 bridgehead atoms. The number of rotatable bonds is 6. The lowest BCUT2D eigenvalue weighted by Crippen LogP contribution is -2.23. The summed E-state index contributed by atoms with van der Waals surface area (Å²) in [6.07, 6.45) is 1.74. The molecule has 1 aromatic heterocycles. The summed E-state index contributed by atoms with van der Waals surface area (Å²) in [4.78, 5) is 11.9. The maximum absolute atomic E-state index is 11.9. The smallest absolute Gasteiger partial charge is 0.311 e. The molecule has 0 aliphatic rings. The molecule has 0 amide bonds. The van der Waals surface area contributed by atoms with E-state index in [1.54, 1.807) is 11.3 Å². The van der Waals surface area contributed by atoms with Gasteiger partial charge < -0.3 is 9.84 Å². The minimum Gasteiger partial charge on any atom is -0.469 e. The van der Waals surface area contributed by atoms with Crippen molar-refractivity contribution in [1.29, 1.82) is 0 Å². The average molecular weight is 292 g/mol. The Balaban J connectivity index is 2.30. The first-order valence-electron chi connectivity index (χ1n) is 6.91. The van der Waals surface area contributed by atoms with E-state index in [0.29, 0.717) is 6.42 Å². The van der Waals surface area contributed by atoms with Gasteiger partial charge in [-0.05, 0) is 28.8 Å². The molecule has 1 heterocycles. The molecule has 1 N–H and O–H groups in total. The van der Waals surface area contributed by atoms with Crippen molar-refractivity contribution in [2.24, 2.45) is 5.92 Å². The van der Waals surface area contributed by atoms with E-state index >= 15 is 0 Å². The van der Waals surface area contributed by atoms with E-state index in [4.69, 9.17) is 4.74 Å². The number of hydrogen-bond donors (Lipinski definition) is 1. The minimum atomic E-state index is -0.801. The Kier molecular flexibility index (Phi) is 5.15. The van der Waals surface area contributed by atoms with Crippen molar-refractivity contribution in [3.8, 4) is 0 Å². The number of aliphatic hydroxyl groups excluding tert-OH is 1. The number of benzene rings is 1. The van der Waals surface area contributed by atoms with Crippen molar-refractivity contribution in [1.82, 2.24) is 0 Å². The monoisotopic (exact) mass is 292 g/mol. The summed E-state index contributed by atoms with van der Waals surface area (Å²) in [7, 11) is 1.37. The Hall–Kier alpha value is -1.39. The van der Waals surface area contributed by atoms with Crippen LogP contribution < -0.4 is 0 Å². The Labute approximate surface area is 123 Å². The Morgan fingerprint density at radius 1 is 1.40 bits per heavy atom. The van der Waals surface area contributed by atoms with Gasteiger partial charge in [0.2, 0.25) is 0 Å². The third-order valence-corrected chi connectivity index (χ3v) is 4.57. The van der Waals surface area contributed by atoms with Crippen LogP contribution in [0.4, 0.5) is 0 Å². The van der Waals surface area contributed by atoms with Gasteiger partial charge in [0, 0.05) is 4.70 Å². The molecule has 2 aromatic rings. The maximum Gasteiger partial charge on any atom is 0.311 e. The van der Waals surface area contributed by atoms with E-state index < -0.39 is 12.0 Å². The van der Waals surface area contributed by atoms with Crippen molar-refractivity contribution >= 4 is 27.4 Å². The molecule has 20 heavy (non-hydrogen) atoms. The summed E-state index contributed by atoms with van der Waals surface area (Å²) in [5.74, 6) is -0.820. The van der Waals surface area contributed by atoms with Crippen LogP contribution in [0.3, 0.4) is 0 Å². The fourth-order valence-electron chi connectivity index (χ4n) is 2.42. The van der Waals surface area contributed by atoms with Gasteiger partial charge in [-0.25, -0.2) is 0 Å². The number of thiophene rings is 1. The molecule has 0 fully saturated rings. The number of carbonyl (C=O) groups excluding carboxylic acids is 1. The van der Waals surface area contributed by atoms with E-state index in [2.05, 4.69) is 6.92 Å². The number of methoxy groups -OCH3 is 1. The molecule has 0 radical (unpaired) electrons. The third-order valence-electron chi connectivity index (χ3n) is 3.58. The molecular weight excluding hydrogens is 272 g/mol. The quantitative estimate of drug-likeness (QED) is 0.821. The molecule has 0 spiro atoms. The zero-order valence-corrected chi connectivity index (χ0v) is 12.7. The van der Waals surface area contributed by atoms with Crippen molar-refractivity contribution in [2.45, 2.75) is 32.3 Å². The van der Waals surface area contributed by atoms with Crippen LogP contribution in [0.1, 0.15) is 37.9 Å². The van der Waals surface area contributed by atoms with Crippen LogP contribution in [-0.2, 0) is 9.53 Å². The first-order chi connectivity index (χ1) is 9.69. The van der Waals surface area contributed by atoms with E-state index in [1.807, 2.05) is 29.6 Å². The number of carbonyl (C=O) groups is 1. The first-order valence-corrected chi connectivity index (χ1v) is 7.79. The lowest BCUT2D eigenvalue weighted by Gasteiger charge is -2.20. The number of aliphatic hydroxyl groups is 1. The van der Waals surface area contributed by atoms with Crippen LogP contribution in [0.15, 0.2) is 29.6 Å². The molecule has 108 valence electrons. The van der Waals surface area contributed by atoms with Crippen molar-refractivity contribution in [3.63, 3.8) is 0 Å². The van der Waals surface area contributed by atoms with E-state index in [0.717, 1.165) is 28.5 Å². The van der Waals surface area contributed by atoms with Crippen molar-refractivity contribution < 1.29 is 14.6 Å². The van der Waals surface area contributed by atoms with Crippen LogP contribution >= 0.6 is 11.3 Å². The topological polar surface area (TPSA) is 46.5 Å². The highest BCUT2D eigenvalue weighted by atomic mass is 32.1. The maximum atomic E-state index is 11.9. The number of hydrogen-bond acceptors (Lipinski definition) is 4. The van der Waals surface area contributed by atoms with Crippen molar-refractivity contribution in [3.05, 3.63) is 35.2 Å². The number of ether oxygens (including phenoxy) is 1. The van der Waals surface area contributed by atoms with E-state index in [9.17, 15) is 9.90 Å². The standard InChI is InChI=1S/C16H20O3S/c1-3-4-7-12(16(18)19-2)15(17)13-10-20-14-9-6-5-8-11(13)14/h5-6,8-10,12,15,17H,3-4,7H2,1-2H3. The molecule has 0 aliphatic carbocycles. The van der Waals surface area contributed by atoms with Crippen LogP contribution in [0.25, 0.3) is 10.1 Å². The highest BCUT2D eigenvalue weighted by molar-refractivity contribution is 7.17. The second-order valence-corrected chi connectivity index (χ2v) is 5.82. The third kappa shape index (κ3) is 3.02.